The van der Waals surface area contributed by atoms with Crippen LogP contribution in [-0.4, -0.2) is 38.1 Å². The Bertz CT molecular complexity index is 124. The van der Waals surface area contributed by atoms with Crippen LogP contribution in [0.1, 0.15) is 12.8 Å². The SMILES string of the molecule is CNC(=O)O.COC1CCCN1. The van der Waals surface area contributed by atoms with Gasteiger partial charge in [0.25, 0.3) is 0 Å². The van der Waals surface area contributed by atoms with Gasteiger partial charge in [-0.3, -0.25) is 5.32 Å². The van der Waals surface area contributed by atoms with Crippen LogP contribution >= 0.6 is 0 Å². The van der Waals surface area contributed by atoms with Gasteiger partial charge in [0.2, 0.25) is 0 Å². The summed E-state index contributed by atoms with van der Waals surface area (Å²) in [6, 6.07) is 0. The van der Waals surface area contributed by atoms with Gasteiger partial charge in [-0.15, -0.1) is 0 Å². The average molecular weight is 176 g/mol. The fourth-order valence-corrected chi connectivity index (χ4v) is 0.854. The first-order valence-electron chi connectivity index (χ1n) is 3.87. The molecular formula is C7H16N2O3. The molecule has 1 rings (SSSR count). The Labute approximate surface area is 72.1 Å². The molecule has 12 heavy (non-hydrogen) atoms. The number of rotatable bonds is 1. The molecule has 0 spiro atoms. The molecule has 1 amide bonds. The van der Waals surface area contributed by atoms with Crippen LogP contribution < -0.4 is 10.6 Å². The summed E-state index contributed by atoms with van der Waals surface area (Å²) >= 11 is 0. The van der Waals surface area contributed by atoms with Crippen LogP contribution in [0.4, 0.5) is 4.79 Å². The number of carbonyl (C=O) groups is 1. The van der Waals surface area contributed by atoms with Gasteiger partial charge in [0.05, 0.1) is 0 Å². The lowest BCUT2D eigenvalue weighted by Crippen LogP contribution is -2.22. The summed E-state index contributed by atoms with van der Waals surface area (Å²) in [7, 11) is 3.09. The highest BCUT2D eigenvalue weighted by molar-refractivity contribution is 5.63. The second-order valence-electron chi connectivity index (χ2n) is 2.38. The normalized spacial score (nSPS) is 21.0. The zero-order chi connectivity index (χ0) is 9.40. The molecule has 1 aliphatic rings. The van der Waals surface area contributed by atoms with E-state index < -0.39 is 6.09 Å². The number of methoxy groups -OCH3 is 1. The van der Waals surface area contributed by atoms with Gasteiger partial charge in [-0.05, 0) is 19.4 Å². The molecule has 1 atom stereocenters. The quantitative estimate of drug-likeness (QED) is 0.534. The highest BCUT2D eigenvalue weighted by Gasteiger charge is 2.10. The maximum absolute atomic E-state index is 9.26. The van der Waals surface area contributed by atoms with E-state index >= 15 is 0 Å². The van der Waals surface area contributed by atoms with Gasteiger partial charge in [0.1, 0.15) is 6.23 Å². The van der Waals surface area contributed by atoms with Crippen molar-refractivity contribution in [2.24, 2.45) is 0 Å². The second kappa shape index (κ2) is 6.87. The Kier molecular flexibility index (Phi) is 6.41. The van der Waals surface area contributed by atoms with Crippen LogP contribution in [0.3, 0.4) is 0 Å². The highest BCUT2D eigenvalue weighted by Crippen LogP contribution is 2.03. The van der Waals surface area contributed by atoms with Crippen molar-refractivity contribution in [3.8, 4) is 0 Å². The van der Waals surface area contributed by atoms with E-state index in [0.717, 1.165) is 6.54 Å². The number of ether oxygens (including phenoxy) is 1. The van der Waals surface area contributed by atoms with E-state index in [2.05, 4.69) is 5.32 Å². The van der Waals surface area contributed by atoms with Crippen LogP contribution in [0.2, 0.25) is 0 Å². The molecule has 5 heteroatoms. The van der Waals surface area contributed by atoms with Crippen LogP contribution in [0.25, 0.3) is 0 Å². The molecule has 1 heterocycles. The smallest absolute Gasteiger partial charge is 0.404 e. The van der Waals surface area contributed by atoms with Crippen molar-refractivity contribution in [2.45, 2.75) is 19.1 Å². The first-order chi connectivity index (χ1) is 5.70. The molecule has 0 aromatic rings. The summed E-state index contributed by atoms with van der Waals surface area (Å²) in [6.07, 6.45) is 1.79. The number of hydrogen-bond donors (Lipinski definition) is 3. The van der Waals surface area contributed by atoms with Gasteiger partial charge in [-0.25, -0.2) is 4.79 Å². The monoisotopic (exact) mass is 176 g/mol. The van der Waals surface area contributed by atoms with Crippen LogP contribution in [0.15, 0.2) is 0 Å². The molecule has 0 bridgehead atoms. The van der Waals surface area contributed by atoms with Crippen LogP contribution in [0.5, 0.6) is 0 Å². The topological polar surface area (TPSA) is 70.6 Å². The maximum Gasteiger partial charge on any atom is 0.404 e. The fourth-order valence-electron chi connectivity index (χ4n) is 0.854. The lowest BCUT2D eigenvalue weighted by molar-refractivity contribution is 0.0912. The molecular weight excluding hydrogens is 160 g/mol. The average Bonchev–Trinajstić information content (AvgIpc) is 2.57. The molecule has 0 aromatic carbocycles. The summed E-state index contributed by atoms with van der Waals surface area (Å²) in [5, 5.41) is 12.7. The molecule has 0 aromatic heterocycles. The Morgan fingerprint density at radius 1 is 1.75 bits per heavy atom. The van der Waals surface area contributed by atoms with Gasteiger partial charge in [0, 0.05) is 14.2 Å². The zero-order valence-electron chi connectivity index (χ0n) is 7.46. The molecule has 0 radical (unpaired) electrons. The Balaban J connectivity index is 0.000000217. The predicted molar refractivity (Wildman–Crippen MR) is 45.1 cm³/mol. The molecule has 72 valence electrons. The lowest BCUT2D eigenvalue weighted by atomic mass is 10.4. The number of hydrogen-bond acceptors (Lipinski definition) is 3. The highest BCUT2D eigenvalue weighted by atomic mass is 16.5. The summed E-state index contributed by atoms with van der Waals surface area (Å²) < 4.78 is 5.00. The van der Waals surface area contributed by atoms with Gasteiger partial charge in [0.15, 0.2) is 0 Å². The van der Waals surface area contributed by atoms with Gasteiger partial charge < -0.3 is 15.2 Å². The zero-order valence-corrected chi connectivity index (χ0v) is 7.46. The van der Waals surface area contributed by atoms with Crippen molar-refractivity contribution in [3.63, 3.8) is 0 Å². The van der Waals surface area contributed by atoms with E-state index in [1.807, 2.05) is 5.32 Å². The van der Waals surface area contributed by atoms with E-state index in [9.17, 15) is 4.79 Å². The Morgan fingerprint density at radius 3 is 2.50 bits per heavy atom. The molecule has 0 saturated carbocycles. The molecule has 1 saturated heterocycles. The molecule has 3 N–H and O–H groups in total. The van der Waals surface area contributed by atoms with Gasteiger partial charge in [-0.2, -0.15) is 0 Å². The first-order valence-corrected chi connectivity index (χ1v) is 3.87. The van der Waals surface area contributed by atoms with Crippen molar-refractivity contribution in [1.29, 1.82) is 0 Å². The van der Waals surface area contributed by atoms with E-state index in [1.165, 1.54) is 19.9 Å². The fraction of sp³-hybridized carbons (Fsp3) is 0.857. The van der Waals surface area contributed by atoms with Crippen molar-refractivity contribution >= 4 is 6.09 Å². The first kappa shape index (κ1) is 11.2. The van der Waals surface area contributed by atoms with Crippen LogP contribution in [0, 0.1) is 0 Å². The summed E-state index contributed by atoms with van der Waals surface area (Å²) in [5.74, 6) is 0. The van der Waals surface area contributed by atoms with Crippen molar-refractivity contribution in [3.05, 3.63) is 0 Å². The Morgan fingerprint density at radius 2 is 2.33 bits per heavy atom. The number of carboxylic acid groups (broad SMARTS) is 1. The standard InChI is InChI=1S/C5H11NO.C2H5NO2/c1-7-5-3-2-4-6-5;1-3-2(4)5/h5-6H,2-4H2,1H3;3H,1H3,(H,4,5). The van der Waals surface area contributed by atoms with E-state index in [1.54, 1.807) is 7.11 Å². The third kappa shape index (κ3) is 5.94. The maximum atomic E-state index is 9.26. The molecule has 1 fully saturated rings. The molecule has 0 aliphatic carbocycles. The third-order valence-electron chi connectivity index (χ3n) is 1.51. The second-order valence-corrected chi connectivity index (χ2v) is 2.38. The van der Waals surface area contributed by atoms with Crippen molar-refractivity contribution in [2.75, 3.05) is 20.7 Å². The minimum atomic E-state index is -0.995. The molecule has 1 unspecified atom stereocenters. The van der Waals surface area contributed by atoms with E-state index in [0.29, 0.717) is 6.23 Å². The summed E-state index contributed by atoms with van der Waals surface area (Å²) in [6.45, 7) is 1.12. The van der Waals surface area contributed by atoms with E-state index in [-0.39, 0.29) is 0 Å². The summed E-state index contributed by atoms with van der Waals surface area (Å²) in [4.78, 5) is 9.26. The minimum absolute atomic E-state index is 0.347. The van der Waals surface area contributed by atoms with Gasteiger partial charge >= 0.3 is 6.09 Å². The van der Waals surface area contributed by atoms with E-state index in [4.69, 9.17) is 9.84 Å². The molecule has 5 nitrogen and oxygen atoms in total. The van der Waals surface area contributed by atoms with Gasteiger partial charge in [-0.1, -0.05) is 0 Å². The summed E-state index contributed by atoms with van der Waals surface area (Å²) in [5.41, 5.74) is 0. The number of nitrogens with one attached hydrogen (secondary N) is 2. The Hall–Kier alpha value is -0.810. The number of amides is 1. The largest absolute Gasteiger partial charge is 0.465 e. The van der Waals surface area contributed by atoms with Crippen molar-refractivity contribution < 1.29 is 14.6 Å². The minimum Gasteiger partial charge on any atom is -0.465 e. The predicted octanol–water partition coefficient (Wildman–Crippen LogP) is 0.226. The lowest BCUT2D eigenvalue weighted by Gasteiger charge is -2.04. The third-order valence-corrected chi connectivity index (χ3v) is 1.51. The van der Waals surface area contributed by atoms with Crippen molar-refractivity contribution in [1.82, 2.24) is 10.6 Å². The van der Waals surface area contributed by atoms with Crippen LogP contribution in [-0.2, 0) is 4.74 Å². The molecule has 1 aliphatic heterocycles.